The van der Waals surface area contributed by atoms with Gasteiger partial charge in [-0.2, -0.15) is 0 Å². The first-order valence-corrected chi connectivity index (χ1v) is 12.8. The summed E-state index contributed by atoms with van der Waals surface area (Å²) in [5.74, 6) is -0.317. The van der Waals surface area contributed by atoms with Crippen molar-refractivity contribution >= 4 is 62.6 Å². The summed E-state index contributed by atoms with van der Waals surface area (Å²) >= 11 is 0.870. The summed E-state index contributed by atoms with van der Waals surface area (Å²) in [5.41, 5.74) is 5.81. The van der Waals surface area contributed by atoms with Gasteiger partial charge in [-0.05, 0) is 0 Å². The molecule has 0 bridgehead atoms. The van der Waals surface area contributed by atoms with Gasteiger partial charge in [0.2, 0.25) is 0 Å². The van der Waals surface area contributed by atoms with Crippen LogP contribution in [0.15, 0.2) is 88.4 Å². The number of benzene rings is 1. The second-order valence-corrected chi connectivity index (χ2v) is 10.9. The second kappa shape index (κ2) is 6.88. The fraction of sp³-hybridized carbons (Fsp3) is 0.0417. The van der Waals surface area contributed by atoms with Crippen LogP contribution >= 0.6 is 11.3 Å². The molecule has 2 aliphatic carbocycles. The number of aromatic nitrogens is 1. The Hall–Kier alpha value is -2.78. The minimum absolute atomic E-state index is 0.158. The third kappa shape index (κ3) is 2.69. The summed E-state index contributed by atoms with van der Waals surface area (Å²) in [6.45, 7) is 0. The van der Waals surface area contributed by atoms with Gasteiger partial charge in [0.1, 0.15) is 0 Å². The second-order valence-electron chi connectivity index (χ2n) is 7.22. The number of rotatable bonds is 2. The molecule has 6 heteroatoms. The summed E-state index contributed by atoms with van der Waals surface area (Å²) in [6.07, 6.45) is 8.40. The molecule has 0 atom stereocenters. The summed E-state index contributed by atoms with van der Waals surface area (Å²) in [4.78, 5) is 32.2. The van der Waals surface area contributed by atoms with Crippen molar-refractivity contribution < 1.29 is 9.59 Å². The van der Waals surface area contributed by atoms with Gasteiger partial charge in [-0.15, -0.1) is 0 Å². The van der Waals surface area contributed by atoms with Crippen LogP contribution in [0.1, 0.15) is 27.1 Å². The number of anilines is 2. The van der Waals surface area contributed by atoms with E-state index in [1.54, 1.807) is 16.8 Å². The van der Waals surface area contributed by atoms with Crippen LogP contribution in [0.2, 0.25) is 0 Å². The molecule has 0 saturated carbocycles. The van der Waals surface area contributed by atoms with E-state index in [0.717, 1.165) is 17.0 Å². The summed E-state index contributed by atoms with van der Waals surface area (Å²) < 4.78 is 2.55. The van der Waals surface area contributed by atoms with Crippen LogP contribution in [0.5, 0.6) is 0 Å². The van der Waals surface area contributed by atoms with Crippen molar-refractivity contribution in [1.82, 2.24) is 4.98 Å². The van der Waals surface area contributed by atoms with Gasteiger partial charge in [-0.25, -0.2) is 0 Å². The van der Waals surface area contributed by atoms with Crippen molar-refractivity contribution in [2.24, 2.45) is 0 Å². The molecular weight excluding hydrogens is 508 g/mol. The number of pyridine rings is 1. The molecule has 1 aliphatic heterocycles. The van der Waals surface area contributed by atoms with Gasteiger partial charge in [0.25, 0.3) is 0 Å². The molecule has 3 heterocycles. The van der Waals surface area contributed by atoms with E-state index >= 15 is 0 Å². The van der Waals surface area contributed by atoms with E-state index in [-0.39, 0.29) is 17.1 Å². The molecule has 144 valence electrons. The molecule has 0 unspecified atom stereocenters. The van der Waals surface area contributed by atoms with Gasteiger partial charge in [-0.1, -0.05) is 0 Å². The molecule has 4 nitrogen and oxygen atoms in total. The maximum atomic E-state index is 12.6. The van der Waals surface area contributed by atoms with Crippen LogP contribution in [-0.4, -0.2) is 37.5 Å². The molecule has 0 radical (unpaired) electrons. The number of carbonyl (C=O) groups is 2. The van der Waals surface area contributed by atoms with E-state index in [1.807, 2.05) is 18.3 Å². The Kier molecular flexibility index (Phi) is 4.14. The molecular formula is C24H14N2O2STe. The molecule has 30 heavy (non-hydrogen) atoms. The third-order valence-electron chi connectivity index (χ3n) is 5.44. The summed E-state index contributed by atoms with van der Waals surface area (Å²) in [5, 5.41) is 3.53. The summed E-state index contributed by atoms with van der Waals surface area (Å²) in [7, 11) is 0. The number of nitrogens with zero attached hydrogens (tertiary/aromatic N) is 2. The van der Waals surface area contributed by atoms with Crippen molar-refractivity contribution in [1.29, 1.82) is 0 Å². The van der Waals surface area contributed by atoms with Crippen LogP contribution in [0.3, 0.4) is 0 Å². The molecule has 1 aromatic carbocycles. The molecule has 0 spiro atoms. The zero-order valence-corrected chi connectivity index (χ0v) is 18.8. The Morgan fingerprint density at radius 1 is 0.967 bits per heavy atom. The van der Waals surface area contributed by atoms with E-state index in [9.17, 15) is 9.59 Å². The predicted molar refractivity (Wildman–Crippen MR) is 120 cm³/mol. The summed E-state index contributed by atoms with van der Waals surface area (Å²) in [6, 6.07) is 12.6. The number of allylic oxidation sites excluding steroid dienone is 5. The third-order valence-corrected chi connectivity index (χ3v) is 9.24. The predicted octanol–water partition coefficient (Wildman–Crippen LogP) is 3.47. The molecule has 0 amide bonds. The van der Waals surface area contributed by atoms with E-state index in [2.05, 4.69) is 46.3 Å². The van der Waals surface area contributed by atoms with Gasteiger partial charge in [0, 0.05) is 0 Å². The van der Waals surface area contributed by atoms with Crippen molar-refractivity contribution in [3.63, 3.8) is 0 Å². The van der Waals surface area contributed by atoms with E-state index in [4.69, 9.17) is 0 Å². The normalized spacial score (nSPS) is 16.8. The van der Waals surface area contributed by atoms with Crippen LogP contribution in [0.4, 0.5) is 11.4 Å². The monoisotopic (exact) mass is 524 g/mol. The molecule has 3 aliphatic rings. The molecule has 3 aromatic rings. The molecule has 2 aromatic heterocycles. The van der Waals surface area contributed by atoms with Gasteiger partial charge in [-0.3, -0.25) is 0 Å². The van der Waals surface area contributed by atoms with Gasteiger partial charge >= 0.3 is 188 Å². The van der Waals surface area contributed by atoms with Gasteiger partial charge < -0.3 is 0 Å². The Labute approximate surface area is 187 Å². The van der Waals surface area contributed by atoms with Crippen LogP contribution in [0, 0.1) is 0 Å². The molecule has 0 fully saturated rings. The van der Waals surface area contributed by atoms with E-state index in [0.29, 0.717) is 17.5 Å². The van der Waals surface area contributed by atoms with Crippen LogP contribution in [-0.2, 0) is 0 Å². The average Bonchev–Trinajstić information content (AvgIpc) is 3.48. The van der Waals surface area contributed by atoms with E-state index < -0.39 is 20.9 Å². The van der Waals surface area contributed by atoms with Crippen LogP contribution in [0.25, 0.3) is 0 Å². The standard InChI is InChI=1S/C24H14N2O2STe/c27-22-16(23(28)18-13-29-12-17(18)22)11-14-7-8-15(10-14)26-19-4-1-2-6-21(19)30-24-20(26)5-3-9-25-24/h1-9,11-13H,10H2. The number of hydrogen-bond donors (Lipinski definition) is 0. The molecule has 0 N–H and O–H groups in total. The first kappa shape index (κ1) is 18.0. The van der Waals surface area contributed by atoms with Gasteiger partial charge in [0.05, 0.1) is 0 Å². The van der Waals surface area contributed by atoms with Crippen LogP contribution < -0.4 is 12.3 Å². The Morgan fingerprint density at radius 3 is 2.57 bits per heavy atom. The minimum atomic E-state index is -0.527. The molecule has 6 rings (SSSR count). The first-order valence-electron chi connectivity index (χ1n) is 9.50. The fourth-order valence-electron chi connectivity index (χ4n) is 4.04. The Bertz CT molecular complexity index is 1270. The molecule has 0 saturated heterocycles. The number of fused-ring (bicyclic) bond motifs is 3. The van der Waals surface area contributed by atoms with Crippen molar-refractivity contribution in [3.05, 3.63) is 99.6 Å². The quantitative estimate of drug-likeness (QED) is 0.294. The van der Waals surface area contributed by atoms with Gasteiger partial charge in [0.15, 0.2) is 0 Å². The Morgan fingerprint density at radius 2 is 1.73 bits per heavy atom. The number of Topliss-reactive ketones (excluding diaryl/α,β-unsaturated/α-hetero) is 2. The van der Waals surface area contributed by atoms with Crippen molar-refractivity contribution in [2.75, 3.05) is 4.90 Å². The van der Waals surface area contributed by atoms with E-state index in [1.165, 1.54) is 24.4 Å². The topological polar surface area (TPSA) is 50.3 Å². The first-order chi connectivity index (χ1) is 14.7. The zero-order valence-electron chi connectivity index (χ0n) is 15.7. The average molecular weight is 522 g/mol. The van der Waals surface area contributed by atoms with Crippen molar-refractivity contribution in [2.45, 2.75) is 6.42 Å². The number of ketones is 2. The SMILES string of the molecule is O=C1C(=CC2=CC=C(N3c4ccccc4[Te]c4ncccc43)C2)C(=O)c2cscc21. The number of hydrogen-bond acceptors (Lipinski definition) is 5. The maximum absolute atomic E-state index is 12.6. The number of para-hydroxylation sites is 1. The Balaban J connectivity index is 1.33. The number of thiophene rings is 1. The zero-order chi connectivity index (χ0) is 20.2. The fourth-order valence-corrected chi connectivity index (χ4v) is 7.70. The van der Waals surface area contributed by atoms with Crippen molar-refractivity contribution in [3.8, 4) is 0 Å². The number of carbonyl (C=O) groups excluding carboxylic acids is 2.